The summed E-state index contributed by atoms with van der Waals surface area (Å²) >= 11 is 0. The van der Waals surface area contributed by atoms with Gasteiger partial charge in [-0.25, -0.2) is 0 Å². The van der Waals surface area contributed by atoms with Gasteiger partial charge < -0.3 is 0 Å². The number of hydrogen-bond donors (Lipinski definition) is 0. The molecular weight excluding hydrogens is 264 g/mol. The number of unbranched alkanes of at least 4 members (excludes halogenated alkanes) is 1. The Morgan fingerprint density at radius 2 is 1.41 bits per heavy atom. The van der Waals surface area contributed by atoms with Gasteiger partial charge in [-0.2, -0.15) is 0 Å². The van der Waals surface area contributed by atoms with Gasteiger partial charge in [0.05, 0.1) is 0 Å². The van der Waals surface area contributed by atoms with Crippen molar-refractivity contribution in [3.05, 3.63) is 72.3 Å². The van der Waals surface area contributed by atoms with Crippen LogP contribution in [0.5, 0.6) is 0 Å². The zero-order valence-corrected chi connectivity index (χ0v) is 13.0. The number of hydrogen-bond acceptors (Lipinski definition) is 0. The highest BCUT2D eigenvalue weighted by atomic mass is 14.1. The molecular formula is C22H20. The van der Waals surface area contributed by atoms with E-state index in [-0.39, 0.29) is 0 Å². The summed E-state index contributed by atoms with van der Waals surface area (Å²) < 4.78 is 0. The molecule has 0 saturated carbocycles. The molecule has 0 N–H and O–H groups in total. The monoisotopic (exact) mass is 284 g/mol. The highest BCUT2D eigenvalue weighted by Gasteiger charge is 2.07. The molecule has 0 nitrogen and oxygen atoms in total. The van der Waals surface area contributed by atoms with E-state index < -0.39 is 0 Å². The second-order valence-corrected chi connectivity index (χ2v) is 6.10. The molecule has 0 saturated heterocycles. The summed E-state index contributed by atoms with van der Waals surface area (Å²) in [6.45, 7) is 2.26. The van der Waals surface area contributed by atoms with Crippen molar-refractivity contribution in [3.8, 4) is 0 Å². The van der Waals surface area contributed by atoms with Gasteiger partial charge in [-0.1, -0.05) is 67.9 Å². The van der Waals surface area contributed by atoms with Crippen molar-refractivity contribution in [1.29, 1.82) is 0 Å². The number of rotatable bonds is 3. The first-order valence-corrected chi connectivity index (χ1v) is 8.20. The first kappa shape index (κ1) is 13.3. The lowest BCUT2D eigenvalue weighted by molar-refractivity contribution is 0.799. The molecule has 108 valence electrons. The van der Waals surface area contributed by atoms with Crippen molar-refractivity contribution < 1.29 is 0 Å². The van der Waals surface area contributed by atoms with E-state index in [2.05, 4.69) is 73.7 Å². The van der Waals surface area contributed by atoms with Crippen LogP contribution in [-0.4, -0.2) is 0 Å². The van der Waals surface area contributed by atoms with Crippen LogP contribution in [0.25, 0.3) is 32.3 Å². The Morgan fingerprint density at radius 3 is 2.23 bits per heavy atom. The third-order valence-corrected chi connectivity index (χ3v) is 4.61. The minimum absolute atomic E-state index is 1.17. The summed E-state index contributed by atoms with van der Waals surface area (Å²) in [5, 5.41) is 8.18. The van der Waals surface area contributed by atoms with Crippen LogP contribution in [0.2, 0.25) is 0 Å². The van der Waals surface area contributed by atoms with Crippen LogP contribution in [0, 0.1) is 0 Å². The predicted molar refractivity (Wildman–Crippen MR) is 97.6 cm³/mol. The summed E-state index contributed by atoms with van der Waals surface area (Å²) in [5.74, 6) is 0. The summed E-state index contributed by atoms with van der Waals surface area (Å²) in [6, 6.07) is 24.6. The summed E-state index contributed by atoms with van der Waals surface area (Å²) in [5.41, 5.74) is 1.49. The van der Waals surface area contributed by atoms with Crippen LogP contribution < -0.4 is 0 Å². The summed E-state index contributed by atoms with van der Waals surface area (Å²) in [6.07, 6.45) is 3.66. The Morgan fingerprint density at radius 1 is 0.682 bits per heavy atom. The van der Waals surface area contributed by atoms with Crippen LogP contribution in [0.15, 0.2) is 66.7 Å². The molecule has 22 heavy (non-hydrogen) atoms. The standard InChI is InChI=1S/C22H20/c1-2-3-7-16-10-6-11-17-12-13-20-14-18-8-4-5-9-19(18)15-21(20)22(16)17/h4-6,8-15H,2-3,7H2,1H3. The van der Waals surface area contributed by atoms with Gasteiger partial charge in [-0.3, -0.25) is 0 Å². The third-order valence-electron chi connectivity index (χ3n) is 4.61. The fraction of sp³-hybridized carbons (Fsp3) is 0.182. The minimum Gasteiger partial charge on any atom is -0.0654 e. The quantitative estimate of drug-likeness (QED) is 0.298. The normalized spacial score (nSPS) is 11.5. The fourth-order valence-electron chi connectivity index (χ4n) is 3.45. The average molecular weight is 284 g/mol. The van der Waals surface area contributed by atoms with Gasteiger partial charge in [0.2, 0.25) is 0 Å². The lowest BCUT2D eigenvalue weighted by Gasteiger charge is -2.11. The van der Waals surface area contributed by atoms with Crippen molar-refractivity contribution in [2.45, 2.75) is 26.2 Å². The maximum atomic E-state index is 2.36. The number of fused-ring (bicyclic) bond motifs is 4. The Labute approximate surface area is 131 Å². The third kappa shape index (κ3) is 2.16. The molecule has 4 aromatic carbocycles. The predicted octanol–water partition coefficient (Wildman–Crippen LogP) is 6.49. The molecule has 0 unspecified atom stereocenters. The number of aryl methyl sites for hydroxylation is 1. The van der Waals surface area contributed by atoms with Crippen molar-refractivity contribution in [2.75, 3.05) is 0 Å². The van der Waals surface area contributed by atoms with Gasteiger partial charge in [0.15, 0.2) is 0 Å². The molecule has 0 amide bonds. The molecule has 0 aliphatic heterocycles. The molecule has 4 rings (SSSR count). The van der Waals surface area contributed by atoms with Crippen molar-refractivity contribution >= 4 is 32.3 Å². The molecule has 0 spiro atoms. The molecule has 0 fully saturated rings. The molecule has 4 aromatic rings. The molecule has 0 aliphatic rings. The minimum atomic E-state index is 1.17. The van der Waals surface area contributed by atoms with Crippen LogP contribution >= 0.6 is 0 Å². The molecule has 0 atom stereocenters. The summed E-state index contributed by atoms with van der Waals surface area (Å²) in [7, 11) is 0. The van der Waals surface area contributed by atoms with Crippen LogP contribution in [0.1, 0.15) is 25.3 Å². The van der Waals surface area contributed by atoms with E-state index in [0.29, 0.717) is 0 Å². The highest BCUT2D eigenvalue weighted by molar-refractivity contribution is 6.13. The van der Waals surface area contributed by atoms with E-state index in [0.717, 1.165) is 0 Å². The Balaban J connectivity index is 2.09. The largest absolute Gasteiger partial charge is 0.0654 e. The van der Waals surface area contributed by atoms with E-state index in [4.69, 9.17) is 0 Å². The van der Waals surface area contributed by atoms with Gasteiger partial charge >= 0.3 is 0 Å². The lowest BCUT2D eigenvalue weighted by Crippen LogP contribution is -1.89. The van der Waals surface area contributed by atoms with Gasteiger partial charge in [0, 0.05) is 0 Å². The molecule has 0 aliphatic carbocycles. The summed E-state index contributed by atoms with van der Waals surface area (Å²) in [4.78, 5) is 0. The van der Waals surface area contributed by atoms with E-state index in [1.165, 1.54) is 57.1 Å². The first-order valence-electron chi connectivity index (χ1n) is 8.20. The van der Waals surface area contributed by atoms with E-state index in [9.17, 15) is 0 Å². The average Bonchev–Trinajstić information content (AvgIpc) is 2.57. The zero-order valence-electron chi connectivity index (χ0n) is 13.0. The highest BCUT2D eigenvalue weighted by Crippen LogP contribution is 2.32. The molecule has 0 heteroatoms. The van der Waals surface area contributed by atoms with Crippen molar-refractivity contribution in [2.24, 2.45) is 0 Å². The second-order valence-electron chi connectivity index (χ2n) is 6.10. The fourth-order valence-corrected chi connectivity index (χ4v) is 3.45. The maximum absolute atomic E-state index is 2.36. The van der Waals surface area contributed by atoms with Crippen LogP contribution in [0.3, 0.4) is 0 Å². The lowest BCUT2D eigenvalue weighted by atomic mass is 9.93. The van der Waals surface area contributed by atoms with Crippen molar-refractivity contribution in [1.82, 2.24) is 0 Å². The molecule has 0 aromatic heterocycles. The SMILES string of the molecule is CCCCc1cccc2ccc3cc4ccccc4cc3c12. The number of benzene rings is 4. The molecule has 0 radical (unpaired) electrons. The first-order chi connectivity index (χ1) is 10.9. The van der Waals surface area contributed by atoms with Gasteiger partial charge in [-0.05, 0) is 62.9 Å². The zero-order chi connectivity index (χ0) is 14.9. The Bertz CT molecular complexity index is 963. The van der Waals surface area contributed by atoms with Gasteiger partial charge in [0.1, 0.15) is 0 Å². The maximum Gasteiger partial charge on any atom is -0.00731 e. The second kappa shape index (κ2) is 5.46. The van der Waals surface area contributed by atoms with Crippen LogP contribution in [0.4, 0.5) is 0 Å². The van der Waals surface area contributed by atoms with Gasteiger partial charge in [0.25, 0.3) is 0 Å². The molecule has 0 bridgehead atoms. The van der Waals surface area contributed by atoms with Gasteiger partial charge in [-0.15, -0.1) is 0 Å². The van der Waals surface area contributed by atoms with E-state index >= 15 is 0 Å². The van der Waals surface area contributed by atoms with E-state index in [1.54, 1.807) is 0 Å². The molecule has 0 heterocycles. The van der Waals surface area contributed by atoms with Crippen molar-refractivity contribution in [3.63, 3.8) is 0 Å². The Hall–Kier alpha value is -2.34. The van der Waals surface area contributed by atoms with E-state index in [1.807, 2.05) is 0 Å². The topological polar surface area (TPSA) is 0 Å². The van der Waals surface area contributed by atoms with Crippen LogP contribution in [-0.2, 0) is 6.42 Å². The Kier molecular flexibility index (Phi) is 3.31. The smallest absolute Gasteiger partial charge is 0.00731 e.